The third-order valence-electron chi connectivity index (χ3n) is 4.59. The number of carbonyl (C=O) groups is 1. The van der Waals surface area contributed by atoms with E-state index in [1.165, 1.54) is 0 Å². The van der Waals surface area contributed by atoms with Crippen molar-refractivity contribution in [1.29, 1.82) is 0 Å². The lowest BCUT2D eigenvalue weighted by molar-refractivity contribution is 0.104. The number of halogens is 1. The molecule has 0 aliphatic carbocycles. The smallest absolute Gasteiger partial charge is 0.185 e. The first-order chi connectivity index (χ1) is 14.0. The minimum Gasteiger partial charge on any atom is -0.496 e. The standard InChI is InChI=1S/C25H23ClO3/c1-17-4-8-20(9-5-17)24(27)12-6-19-7-13-25(28-3)21(15-19)16-29-22-10-11-23(26)18(2)14-22/h4-15H,16H2,1-3H3/b12-6+. The SMILES string of the molecule is COc1ccc(/C=C/C(=O)c2ccc(C)cc2)cc1COc1ccc(Cl)c(C)c1. The first-order valence-corrected chi connectivity index (χ1v) is 9.69. The maximum Gasteiger partial charge on any atom is 0.185 e. The highest BCUT2D eigenvalue weighted by molar-refractivity contribution is 6.31. The van der Waals surface area contributed by atoms with Gasteiger partial charge in [0.25, 0.3) is 0 Å². The monoisotopic (exact) mass is 406 g/mol. The van der Waals surface area contributed by atoms with Crippen LogP contribution < -0.4 is 9.47 Å². The zero-order chi connectivity index (χ0) is 20.8. The number of carbonyl (C=O) groups excluding carboxylic acids is 1. The number of methoxy groups -OCH3 is 1. The zero-order valence-corrected chi connectivity index (χ0v) is 17.5. The van der Waals surface area contributed by atoms with Crippen LogP contribution in [-0.2, 0) is 6.61 Å². The molecule has 3 rings (SSSR count). The minimum absolute atomic E-state index is 0.0322. The normalized spacial score (nSPS) is 10.9. The van der Waals surface area contributed by atoms with Gasteiger partial charge in [-0.2, -0.15) is 0 Å². The van der Waals surface area contributed by atoms with E-state index in [4.69, 9.17) is 21.1 Å². The van der Waals surface area contributed by atoms with Crippen molar-refractivity contribution in [2.45, 2.75) is 20.5 Å². The highest BCUT2D eigenvalue weighted by atomic mass is 35.5. The molecule has 0 N–H and O–H groups in total. The predicted molar refractivity (Wildman–Crippen MR) is 118 cm³/mol. The van der Waals surface area contributed by atoms with Gasteiger partial charge in [0.15, 0.2) is 5.78 Å². The van der Waals surface area contributed by atoms with Gasteiger partial charge in [-0.15, -0.1) is 0 Å². The summed E-state index contributed by atoms with van der Waals surface area (Å²) in [7, 11) is 1.63. The topological polar surface area (TPSA) is 35.5 Å². The van der Waals surface area contributed by atoms with Crippen molar-refractivity contribution in [3.05, 3.63) is 99.6 Å². The van der Waals surface area contributed by atoms with Crippen LogP contribution in [0.1, 0.15) is 32.6 Å². The van der Waals surface area contributed by atoms with Gasteiger partial charge in [-0.3, -0.25) is 4.79 Å². The van der Waals surface area contributed by atoms with Crippen LogP contribution in [0, 0.1) is 13.8 Å². The van der Waals surface area contributed by atoms with Crippen LogP contribution in [0.15, 0.2) is 66.7 Å². The molecule has 0 radical (unpaired) electrons. The van der Waals surface area contributed by atoms with E-state index in [1.807, 2.05) is 74.5 Å². The molecule has 0 amide bonds. The zero-order valence-electron chi connectivity index (χ0n) is 16.7. The fourth-order valence-electron chi connectivity index (χ4n) is 2.87. The van der Waals surface area contributed by atoms with Gasteiger partial charge in [-0.25, -0.2) is 0 Å². The van der Waals surface area contributed by atoms with E-state index in [2.05, 4.69) is 0 Å². The van der Waals surface area contributed by atoms with Gasteiger partial charge >= 0.3 is 0 Å². The molecule has 0 unspecified atom stereocenters. The maximum atomic E-state index is 12.4. The van der Waals surface area contributed by atoms with Crippen molar-refractivity contribution in [3.8, 4) is 11.5 Å². The number of benzene rings is 3. The number of ether oxygens (including phenoxy) is 2. The number of aryl methyl sites for hydroxylation is 2. The van der Waals surface area contributed by atoms with Crippen molar-refractivity contribution >= 4 is 23.5 Å². The second-order valence-electron chi connectivity index (χ2n) is 6.83. The Hall–Kier alpha value is -3.04. The Bertz CT molecular complexity index is 1040. The number of ketones is 1. The molecular weight excluding hydrogens is 384 g/mol. The molecule has 0 bridgehead atoms. The summed E-state index contributed by atoms with van der Waals surface area (Å²) in [6, 6.07) is 18.8. The average Bonchev–Trinajstić information content (AvgIpc) is 2.73. The molecule has 0 saturated carbocycles. The summed E-state index contributed by atoms with van der Waals surface area (Å²) in [5, 5.41) is 0.709. The van der Waals surface area contributed by atoms with E-state index in [0.717, 1.165) is 33.8 Å². The van der Waals surface area contributed by atoms with Crippen LogP contribution in [-0.4, -0.2) is 12.9 Å². The first kappa shape index (κ1) is 20.7. The molecule has 0 aliphatic heterocycles. The van der Waals surface area contributed by atoms with Crippen LogP contribution in [0.2, 0.25) is 5.02 Å². The highest BCUT2D eigenvalue weighted by Gasteiger charge is 2.07. The van der Waals surface area contributed by atoms with Gasteiger partial charge in [0.05, 0.1) is 7.11 Å². The first-order valence-electron chi connectivity index (χ1n) is 9.31. The van der Waals surface area contributed by atoms with E-state index < -0.39 is 0 Å². The second kappa shape index (κ2) is 9.44. The lowest BCUT2D eigenvalue weighted by atomic mass is 10.1. The van der Waals surface area contributed by atoms with E-state index in [1.54, 1.807) is 19.3 Å². The Kier molecular flexibility index (Phi) is 6.73. The maximum absolute atomic E-state index is 12.4. The molecule has 0 spiro atoms. The number of rotatable bonds is 7. The van der Waals surface area contributed by atoms with E-state index in [0.29, 0.717) is 17.2 Å². The van der Waals surface area contributed by atoms with Crippen LogP contribution in [0.25, 0.3) is 6.08 Å². The lowest BCUT2D eigenvalue weighted by Gasteiger charge is -2.12. The summed E-state index contributed by atoms with van der Waals surface area (Å²) >= 11 is 6.07. The van der Waals surface area contributed by atoms with Crippen LogP contribution in [0.4, 0.5) is 0 Å². The molecule has 0 atom stereocenters. The second-order valence-corrected chi connectivity index (χ2v) is 7.24. The Morgan fingerprint density at radius 3 is 2.45 bits per heavy atom. The molecule has 0 fully saturated rings. The van der Waals surface area contributed by atoms with Gasteiger partial charge < -0.3 is 9.47 Å². The Balaban J connectivity index is 1.74. The van der Waals surface area contributed by atoms with Gasteiger partial charge in [-0.1, -0.05) is 53.6 Å². The van der Waals surface area contributed by atoms with Crippen LogP contribution in [0.5, 0.6) is 11.5 Å². The number of hydrogen-bond donors (Lipinski definition) is 0. The molecule has 29 heavy (non-hydrogen) atoms. The number of allylic oxidation sites excluding steroid dienone is 1. The number of hydrogen-bond acceptors (Lipinski definition) is 3. The summed E-state index contributed by atoms with van der Waals surface area (Å²) in [4.78, 5) is 12.4. The van der Waals surface area contributed by atoms with Crippen molar-refractivity contribution < 1.29 is 14.3 Å². The largest absolute Gasteiger partial charge is 0.496 e. The van der Waals surface area contributed by atoms with Gasteiger partial charge in [0.2, 0.25) is 0 Å². The molecule has 148 valence electrons. The van der Waals surface area contributed by atoms with Crippen LogP contribution >= 0.6 is 11.6 Å². The quantitative estimate of drug-likeness (QED) is 0.334. The highest BCUT2D eigenvalue weighted by Crippen LogP contribution is 2.25. The van der Waals surface area contributed by atoms with Gasteiger partial charge in [0.1, 0.15) is 18.1 Å². The summed E-state index contributed by atoms with van der Waals surface area (Å²) in [6.07, 6.45) is 3.39. The third-order valence-corrected chi connectivity index (χ3v) is 5.02. The van der Waals surface area contributed by atoms with Crippen molar-refractivity contribution in [3.63, 3.8) is 0 Å². The molecule has 0 heterocycles. The van der Waals surface area contributed by atoms with Crippen molar-refractivity contribution in [2.75, 3.05) is 7.11 Å². The van der Waals surface area contributed by atoms with Gasteiger partial charge in [-0.05, 0) is 61.4 Å². The summed E-state index contributed by atoms with van der Waals surface area (Å²) in [6.45, 7) is 4.28. The molecule has 3 aromatic rings. The molecule has 0 aromatic heterocycles. The molecule has 4 heteroatoms. The summed E-state index contributed by atoms with van der Waals surface area (Å²) in [5.41, 5.74) is 4.55. The van der Waals surface area contributed by atoms with Crippen molar-refractivity contribution in [2.24, 2.45) is 0 Å². The summed E-state index contributed by atoms with van der Waals surface area (Å²) in [5.74, 6) is 1.44. The van der Waals surface area contributed by atoms with E-state index >= 15 is 0 Å². The fourth-order valence-corrected chi connectivity index (χ4v) is 2.99. The van der Waals surface area contributed by atoms with Crippen molar-refractivity contribution in [1.82, 2.24) is 0 Å². The third kappa shape index (κ3) is 5.49. The molecule has 3 aromatic carbocycles. The predicted octanol–water partition coefficient (Wildman–Crippen LogP) is 6.44. The van der Waals surface area contributed by atoms with Gasteiger partial charge in [0, 0.05) is 16.1 Å². The van der Waals surface area contributed by atoms with E-state index in [9.17, 15) is 4.79 Å². The van der Waals surface area contributed by atoms with Crippen LogP contribution in [0.3, 0.4) is 0 Å². The Labute approximate surface area is 176 Å². The summed E-state index contributed by atoms with van der Waals surface area (Å²) < 4.78 is 11.3. The molecule has 0 saturated heterocycles. The Morgan fingerprint density at radius 2 is 1.76 bits per heavy atom. The molecular formula is C25H23ClO3. The van der Waals surface area contributed by atoms with E-state index in [-0.39, 0.29) is 5.78 Å². The molecule has 0 aliphatic rings. The fraction of sp³-hybridized carbons (Fsp3) is 0.160. The average molecular weight is 407 g/mol. The molecule has 3 nitrogen and oxygen atoms in total. The lowest BCUT2D eigenvalue weighted by Crippen LogP contribution is -2.00. The minimum atomic E-state index is -0.0322. The Morgan fingerprint density at radius 1 is 1.00 bits per heavy atom.